The highest BCUT2D eigenvalue weighted by Crippen LogP contribution is 2.18. The lowest BCUT2D eigenvalue weighted by Gasteiger charge is -2.06. The molecule has 0 radical (unpaired) electrons. The third-order valence-corrected chi connectivity index (χ3v) is 3.28. The van der Waals surface area contributed by atoms with E-state index in [1.54, 1.807) is 0 Å². The molecular weight excluding hydrogens is 240 g/mol. The third-order valence-electron chi connectivity index (χ3n) is 3.28. The number of fused-ring (bicyclic) bond motifs is 1. The lowest BCUT2D eigenvalue weighted by atomic mass is 10.2. The summed E-state index contributed by atoms with van der Waals surface area (Å²) in [5, 5.41) is 6.12. The Morgan fingerprint density at radius 2 is 2.32 bits per heavy atom. The van der Waals surface area contributed by atoms with Crippen molar-refractivity contribution in [3.8, 4) is 0 Å². The quantitative estimate of drug-likeness (QED) is 0.755. The van der Waals surface area contributed by atoms with Crippen LogP contribution in [0.3, 0.4) is 0 Å². The lowest BCUT2D eigenvalue weighted by molar-refractivity contribution is -0.120. The Balaban J connectivity index is 1.56. The van der Waals surface area contributed by atoms with Crippen molar-refractivity contribution in [2.24, 2.45) is 0 Å². The van der Waals surface area contributed by atoms with Crippen molar-refractivity contribution in [1.82, 2.24) is 20.6 Å². The molecule has 5 heteroatoms. The number of nitrogens with zero attached hydrogens (tertiary/aromatic N) is 1. The molecule has 1 heterocycles. The second-order valence-electron chi connectivity index (χ2n) is 5.11. The predicted octanol–water partition coefficient (Wildman–Crippen LogP) is 1.24. The van der Waals surface area contributed by atoms with Crippen LogP contribution in [-0.2, 0) is 11.3 Å². The van der Waals surface area contributed by atoms with Crippen LogP contribution < -0.4 is 10.6 Å². The summed E-state index contributed by atoms with van der Waals surface area (Å²) in [5.41, 5.74) is 3.05. The number of imidazole rings is 1. The molecule has 3 rings (SSSR count). The molecule has 3 N–H and O–H groups in total. The topological polar surface area (TPSA) is 69.8 Å². The molecule has 1 fully saturated rings. The van der Waals surface area contributed by atoms with E-state index in [2.05, 4.69) is 20.6 Å². The van der Waals surface area contributed by atoms with E-state index in [0.29, 0.717) is 19.1 Å². The van der Waals surface area contributed by atoms with Gasteiger partial charge in [-0.2, -0.15) is 0 Å². The third kappa shape index (κ3) is 3.12. The van der Waals surface area contributed by atoms with E-state index in [0.717, 1.165) is 22.4 Å². The number of H-pyrrole nitrogens is 1. The van der Waals surface area contributed by atoms with Crippen LogP contribution in [0.2, 0.25) is 0 Å². The van der Waals surface area contributed by atoms with Crippen LogP contribution in [0.15, 0.2) is 18.2 Å². The molecule has 1 saturated carbocycles. The second-order valence-corrected chi connectivity index (χ2v) is 5.11. The fourth-order valence-electron chi connectivity index (χ4n) is 2.08. The Kier molecular flexibility index (Phi) is 3.21. The number of aromatic amines is 1. The van der Waals surface area contributed by atoms with Crippen molar-refractivity contribution in [3.63, 3.8) is 0 Å². The Labute approximate surface area is 111 Å². The van der Waals surface area contributed by atoms with Gasteiger partial charge >= 0.3 is 0 Å². The number of amides is 1. The fraction of sp³-hybridized carbons (Fsp3) is 0.429. The number of aromatic nitrogens is 2. The van der Waals surface area contributed by atoms with Gasteiger partial charge in [-0.1, -0.05) is 6.07 Å². The normalized spacial score (nSPS) is 14.8. The number of hydrogen-bond donors (Lipinski definition) is 3. The summed E-state index contributed by atoms with van der Waals surface area (Å²) in [7, 11) is 0. The SMILES string of the molecule is Cc1nc2ccc(CNC(=O)CNC3CC3)cc2[nH]1. The maximum Gasteiger partial charge on any atom is 0.234 e. The number of aryl methyl sites for hydroxylation is 1. The standard InChI is InChI=1S/C14H18N4O/c1-9-17-12-5-2-10(6-13(12)18-9)7-16-14(19)8-15-11-3-4-11/h2,5-6,11,15H,3-4,7-8H2,1H3,(H,16,19)(H,17,18). The number of carbonyl (C=O) groups is 1. The van der Waals surface area contributed by atoms with Crippen molar-refractivity contribution >= 4 is 16.9 Å². The summed E-state index contributed by atoms with van der Waals surface area (Å²) in [4.78, 5) is 19.2. The molecule has 0 unspecified atom stereocenters. The Morgan fingerprint density at radius 1 is 1.47 bits per heavy atom. The molecule has 1 aliphatic rings. The molecule has 0 aliphatic heterocycles. The number of rotatable bonds is 5. The molecule has 0 saturated heterocycles. The first-order chi connectivity index (χ1) is 9.20. The van der Waals surface area contributed by atoms with Gasteiger partial charge in [0, 0.05) is 12.6 Å². The van der Waals surface area contributed by atoms with Crippen molar-refractivity contribution in [1.29, 1.82) is 0 Å². The number of hydrogen-bond acceptors (Lipinski definition) is 3. The molecule has 1 aromatic carbocycles. The largest absolute Gasteiger partial charge is 0.351 e. The van der Waals surface area contributed by atoms with Crippen LogP contribution in [-0.4, -0.2) is 28.5 Å². The molecule has 1 aliphatic carbocycles. The molecule has 100 valence electrons. The van der Waals surface area contributed by atoms with Crippen LogP contribution in [0.25, 0.3) is 11.0 Å². The zero-order chi connectivity index (χ0) is 13.2. The summed E-state index contributed by atoms with van der Waals surface area (Å²) in [6.45, 7) is 2.90. The van der Waals surface area contributed by atoms with Gasteiger partial charge in [-0.25, -0.2) is 4.98 Å². The molecule has 1 amide bonds. The molecule has 0 bridgehead atoms. The van der Waals surface area contributed by atoms with Crippen molar-refractivity contribution < 1.29 is 4.79 Å². The van der Waals surface area contributed by atoms with Crippen LogP contribution >= 0.6 is 0 Å². The van der Waals surface area contributed by atoms with Gasteiger partial charge in [0.1, 0.15) is 5.82 Å². The minimum Gasteiger partial charge on any atom is -0.351 e. The average molecular weight is 258 g/mol. The lowest BCUT2D eigenvalue weighted by Crippen LogP contribution is -2.34. The summed E-state index contributed by atoms with van der Waals surface area (Å²) in [6.07, 6.45) is 2.40. The zero-order valence-corrected chi connectivity index (χ0v) is 11.0. The first-order valence-electron chi connectivity index (χ1n) is 6.66. The van der Waals surface area contributed by atoms with E-state index in [1.165, 1.54) is 12.8 Å². The zero-order valence-electron chi connectivity index (χ0n) is 11.0. The van der Waals surface area contributed by atoms with Gasteiger partial charge in [0.05, 0.1) is 17.6 Å². The van der Waals surface area contributed by atoms with Crippen molar-refractivity contribution in [3.05, 3.63) is 29.6 Å². The van der Waals surface area contributed by atoms with Crippen molar-refractivity contribution in [2.75, 3.05) is 6.54 Å². The summed E-state index contributed by atoms with van der Waals surface area (Å²) < 4.78 is 0. The Bertz CT molecular complexity index is 601. The summed E-state index contributed by atoms with van der Waals surface area (Å²) in [6, 6.07) is 6.57. The number of benzene rings is 1. The second kappa shape index (κ2) is 5.01. The van der Waals surface area contributed by atoms with Gasteiger partial charge in [-0.15, -0.1) is 0 Å². The summed E-state index contributed by atoms with van der Waals surface area (Å²) in [5.74, 6) is 0.956. The van der Waals surface area contributed by atoms with Crippen LogP contribution in [0.1, 0.15) is 24.2 Å². The number of carbonyl (C=O) groups excluding carboxylic acids is 1. The van der Waals surface area contributed by atoms with Crippen LogP contribution in [0.4, 0.5) is 0 Å². The molecule has 2 aromatic rings. The van der Waals surface area contributed by atoms with E-state index in [9.17, 15) is 4.79 Å². The highest BCUT2D eigenvalue weighted by atomic mass is 16.1. The predicted molar refractivity (Wildman–Crippen MR) is 73.7 cm³/mol. The molecule has 0 atom stereocenters. The molecular formula is C14H18N4O. The Hall–Kier alpha value is -1.88. The minimum absolute atomic E-state index is 0.0489. The monoisotopic (exact) mass is 258 g/mol. The first kappa shape index (κ1) is 12.2. The van der Waals surface area contributed by atoms with Gasteiger partial charge in [-0.3, -0.25) is 4.79 Å². The maximum atomic E-state index is 11.6. The average Bonchev–Trinajstić information content (AvgIpc) is 3.14. The molecule has 0 spiro atoms. The van der Waals surface area contributed by atoms with Crippen LogP contribution in [0, 0.1) is 6.92 Å². The minimum atomic E-state index is 0.0489. The molecule has 5 nitrogen and oxygen atoms in total. The van der Waals surface area contributed by atoms with Crippen molar-refractivity contribution in [2.45, 2.75) is 32.4 Å². The highest BCUT2D eigenvalue weighted by molar-refractivity contribution is 5.79. The van der Waals surface area contributed by atoms with Gasteiger partial charge in [-0.05, 0) is 37.5 Å². The van der Waals surface area contributed by atoms with E-state index in [1.807, 2.05) is 25.1 Å². The van der Waals surface area contributed by atoms with E-state index in [-0.39, 0.29) is 5.91 Å². The van der Waals surface area contributed by atoms with Gasteiger partial charge < -0.3 is 15.6 Å². The van der Waals surface area contributed by atoms with Gasteiger partial charge in [0.25, 0.3) is 0 Å². The van der Waals surface area contributed by atoms with Gasteiger partial charge in [0.15, 0.2) is 0 Å². The van der Waals surface area contributed by atoms with Crippen LogP contribution in [0.5, 0.6) is 0 Å². The first-order valence-corrected chi connectivity index (χ1v) is 6.66. The Morgan fingerprint density at radius 3 is 3.11 bits per heavy atom. The maximum absolute atomic E-state index is 11.6. The molecule has 19 heavy (non-hydrogen) atoms. The molecule has 1 aromatic heterocycles. The number of nitrogens with one attached hydrogen (secondary N) is 3. The van der Waals surface area contributed by atoms with Gasteiger partial charge in [0.2, 0.25) is 5.91 Å². The van der Waals surface area contributed by atoms with E-state index >= 15 is 0 Å². The smallest absolute Gasteiger partial charge is 0.234 e. The highest BCUT2D eigenvalue weighted by Gasteiger charge is 2.20. The van der Waals surface area contributed by atoms with E-state index < -0.39 is 0 Å². The summed E-state index contributed by atoms with van der Waals surface area (Å²) >= 11 is 0. The fourth-order valence-corrected chi connectivity index (χ4v) is 2.08. The van der Waals surface area contributed by atoms with E-state index in [4.69, 9.17) is 0 Å².